The molecule has 1 saturated carbocycles. The van der Waals surface area contributed by atoms with E-state index in [0.29, 0.717) is 12.3 Å². The lowest BCUT2D eigenvalue weighted by Gasteiger charge is -2.31. The standard InChI is InChI=1S/C17H31N3O.ClH/c1-2-11-19(15-16-6-4-3-5-7-16)12-8-17(21)20-13-9-18-10-14-20;/h2,16,18H,1,3-15H2;1H. The summed E-state index contributed by atoms with van der Waals surface area (Å²) in [5, 5.41) is 3.29. The molecule has 1 amide bonds. The SMILES string of the molecule is C=CCN(CCC(=O)N1CCNCC1)CC1CCCCC1.Cl. The van der Waals surface area contributed by atoms with Crippen LogP contribution in [0, 0.1) is 5.92 Å². The Labute approximate surface area is 141 Å². The maximum absolute atomic E-state index is 12.2. The highest BCUT2D eigenvalue weighted by Crippen LogP contribution is 2.24. The predicted molar refractivity (Wildman–Crippen MR) is 94.5 cm³/mol. The van der Waals surface area contributed by atoms with E-state index in [2.05, 4.69) is 16.8 Å². The summed E-state index contributed by atoms with van der Waals surface area (Å²) in [7, 11) is 0. The third kappa shape index (κ3) is 6.67. The fraction of sp³-hybridized carbons (Fsp3) is 0.824. The molecule has 1 heterocycles. The van der Waals surface area contributed by atoms with Crippen molar-refractivity contribution in [1.29, 1.82) is 0 Å². The molecule has 1 N–H and O–H groups in total. The average molecular weight is 330 g/mol. The van der Waals surface area contributed by atoms with E-state index >= 15 is 0 Å². The summed E-state index contributed by atoms with van der Waals surface area (Å²) >= 11 is 0. The lowest BCUT2D eigenvalue weighted by Crippen LogP contribution is -2.47. The third-order valence-electron chi connectivity index (χ3n) is 4.74. The second-order valence-corrected chi connectivity index (χ2v) is 6.43. The van der Waals surface area contributed by atoms with Crippen LogP contribution in [0.25, 0.3) is 0 Å². The van der Waals surface area contributed by atoms with Crippen molar-refractivity contribution in [3.05, 3.63) is 12.7 Å². The Kier molecular flexibility index (Phi) is 9.76. The maximum atomic E-state index is 12.2. The molecule has 0 bridgehead atoms. The van der Waals surface area contributed by atoms with Gasteiger partial charge in [-0.2, -0.15) is 0 Å². The van der Waals surface area contributed by atoms with Crippen molar-refractivity contribution in [2.45, 2.75) is 38.5 Å². The molecule has 5 heteroatoms. The van der Waals surface area contributed by atoms with Gasteiger partial charge < -0.3 is 10.2 Å². The van der Waals surface area contributed by atoms with Crippen molar-refractivity contribution in [3.63, 3.8) is 0 Å². The summed E-state index contributed by atoms with van der Waals surface area (Å²) in [6.07, 6.45) is 9.51. The van der Waals surface area contributed by atoms with Gasteiger partial charge >= 0.3 is 0 Å². The Morgan fingerprint density at radius 1 is 1.23 bits per heavy atom. The molecule has 22 heavy (non-hydrogen) atoms. The second kappa shape index (κ2) is 11.0. The Morgan fingerprint density at radius 3 is 2.55 bits per heavy atom. The van der Waals surface area contributed by atoms with Crippen molar-refractivity contribution >= 4 is 18.3 Å². The van der Waals surface area contributed by atoms with Crippen LogP contribution < -0.4 is 5.32 Å². The van der Waals surface area contributed by atoms with Crippen molar-refractivity contribution in [2.75, 3.05) is 45.8 Å². The van der Waals surface area contributed by atoms with Gasteiger partial charge in [0.1, 0.15) is 0 Å². The monoisotopic (exact) mass is 329 g/mol. The Morgan fingerprint density at radius 2 is 1.91 bits per heavy atom. The summed E-state index contributed by atoms with van der Waals surface area (Å²) in [6.45, 7) is 10.4. The maximum Gasteiger partial charge on any atom is 0.223 e. The smallest absolute Gasteiger partial charge is 0.223 e. The predicted octanol–water partition coefficient (Wildman–Crippen LogP) is 2.30. The van der Waals surface area contributed by atoms with Crippen LogP contribution in [0.5, 0.6) is 0 Å². The minimum absolute atomic E-state index is 0. The molecular weight excluding hydrogens is 298 g/mol. The van der Waals surface area contributed by atoms with E-state index in [1.54, 1.807) is 0 Å². The van der Waals surface area contributed by atoms with Crippen LogP contribution in [0.2, 0.25) is 0 Å². The number of piperazine rings is 1. The Bertz CT molecular complexity index is 326. The molecule has 0 spiro atoms. The summed E-state index contributed by atoms with van der Waals surface area (Å²) < 4.78 is 0. The molecule has 2 aliphatic rings. The minimum atomic E-state index is 0. The van der Waals surface area contributed by atoms with Crippen molar-refractivity contribution < 1.29 is 4.79 Å². The summed E-state index contributed by atoms with van der Waals surface area (Å²) in [5.41, 5.74) is 0. The average Bonchev–Trinajstić information content (AvgIpc) is 2.54. The number of amides is 1. The van der Waals surface area contributed by atoms with Gasteiger partial charge in [-0.3, -0.25) is 9.69 Å². The van der Waals surface area contributed by atoms with Crippen molar-refractivity contribution in [1.82, 2.24) is 15.1 Å². The molecule has 128 valence electrons. The van der Waals surface area contributed by atoms with E-state index in [1.807, 2.05) is 11.0 Å². The Balaban J connectivity index is 0.00000242. The molecule has 1 aliphatic heterocycles. The minimum Gasteiger partial charge on any atom is -0.340 e. The van der Waals surface area contributed by atoms with E-state index < -0.39 is 0 Å². The first-order chi connectivity index (χ1) is 10.3. The highest BCUT2D eigenvalue weighted by atomic mass is 35.5. The molecule has 2 rings (SSSR count). The normalized spacial score (nSPS) is 19.8. The van der Waals surface area contributed by atoms with Crippen LogP contribution in [-0.2, 0) is 4.79 Å². The van der Waals surface area contributed by atoms with Crippen molar-refractivity contribution in [3.8, 4) is 0 Å². The largest absolute Gasteiger partial charge is 0.340 e. The zero-order chi connectivity index (χ0) is 14.9. The molecule has 0 aromatic heterocycles. The number of hydrogen-bond acceptors (Lipinski definition) is 3. The molecule has 0 atom stereocenters. The fourth-order valence-corrected chi connectivity index (χ4v) is 3.50. The first-order valence-corrected chi connectivity index (χ1v) is 8.61. The molecule has 0 unspecified atom stereocenters. The molecule has 4 nitrogen and oxygen atoms in total. The highest BCUT2D eigenvalue weighted by Gasteiger charge is 2.19. The quantitative estimate of drug-likeness (QED) is 0.728. The van der Waals surface area contributed by atoms with Crippen LogP contribution in [0.1, 0.15) is 38.5 Å². The fourth-order valence-electron chi connectivity index (χ4n) is 3.50. The first kappa shape index (κ1) is 19.5. The summed E-state index contributed by atoms with van der Waals surface area (Å²) in [4.78, 5) is 16.7. The molecule has 1 saturated heterocycles. The molecule has 2 fully saturated rings. The van der Waals surface area contributed by atoms with E-state index in [0.717, 1.165) is 51.7 Å². The van der Waals surface area contributed by atoms with Crippen molar-refractivity contribution in [2.24, 2.45) is 5.92 Å². The lowest BCUT2D eigenvalue weighted by molar-refractivity contribution is -0.132. The highest BCUT2D eigenvalue weighted by molar-refractivity contribution is 5.85. The van der Waals surface area contributed by atoms with Crippen LogP contribution >= 0.6 is 12.4 Å². The van der Waals surface area contributed by atoms with Crippen LogP contribution in [-0.4, -0.2) is 61.5 Å². The molecule has 0 aromatic carbocycles. The zero-order valence-electron chi connectivity index (χ0n) is 13.8. The number of hydrogen-bond donors (Lipinski definition) is 1. The van der Waals surface area contributed by atoms with E-state index in [4.69, 9.17) is 0 Å². The zero-order valence-corrected chi connectivity index (χ0v) is 14.6. The molecular formula is C17H32ClN3O. The molecule has 0 radical (unpaired) electrons. The lowest BCUT2D eigenvalue weighted by atomic mass is 9.89. The van der Waals surface area contributed by atoms with E-state index in [-0.39, 0.29) is 12.4 Å². The van der Waals surface area contributed by atoms with Gasteiger partial charge in [0.2, 0.25) is 5.91 Å². The number of nitrogens with one attached hydrogen (secondary N) is 1. The summed E-state index contributed by atoms with van der Waals surface area (Å²) in [5.74, 6) is 1.14. The topological polar surface area (TPSA) is 35.6 Å². The van der Waals surface area contributed by atoms with Crippen LogP contribution in [0.4, 0.5) is 0 Å². The van der Waals surface area contributed by atoms with Gasteiger partial charge in [0.05, 0.1) is 0 Å². The Hall–Kier alpha value is -0.580. The second-order valence-electron chi connectivity index (χ2n) is 6.43. The van der Waals surface area contributed by atoms with E-state index in [9.17, 15) is 4.79 Å². The number of halogens is 1. The van der Waals surface area contributed by atoms with E-state index in [1.165, 1.54) is 32.1 Å². The number of rotatable bonds is 7. The number of carbonyl (C=O) groups is 1. The number of carbonyl (C=O) groups excluding carboxylic acids is 1. The van der Waals surface area contributed by atoms with Gasteiger partial charge in [-0.1, -0.05) is 25.3 Å². The third-order valence-corrected chi connectivity index (χ3v) is 4.74. The van der Waals surface area contributed by atoms with Gasteiger partial charge in [-0.15, -0.1) is 19.0 Å². The molecule has 1 aliphatic carbocycles. The first-order valence-electron chi connectivity index (χ1n) is 8.61. The van der Waals surface area contributed by atoms with Gasteiger partial charge in [-0.05, 0) is 18.8 Å². The van der Waals surface area contributed by atoms with Gasteiger partial charge in [0, 0.05) is 52.2 Å². The van der Waals surface area contributed by atoms with Crippen LogP contribution in [0.15, 0.2) is 12.7 Å². The number of nitrogens with zero attached hydrogens (tertiary/aromatic N) is 2. The molecule has 0 aromatic rings. The van der Waals surface area contributed by atoms with Gasteiger partial charge in [-0.25, -0.2) is 0 Å². The van der Waals surface area contributed by atoms with Gasteiger partial charge in [0.25, 0.3) is 0 Å². The van der Waals surface area contributed by atoms with Crippen LogP contribution in [0.3, 0.4) is 0 Å². The van der Waals surface area contributed by atoms with Gasteiger partial charge in [0.15, 0.2) is 0 Å². The summed E-state index contributed by atoms with van der Waals surface area (Å²) in [6, 6.07) is 0.